The zero-order chi connectivity index (χ0) is 20.4. The lowest BCUT2D eigenvalue weighted by Crippen LogP contribution is -2.30. The van der Waals surface area contributed by atoms with Crippen molar-refractivity contribution in [3.8, 4) is 11.1 Å². The summed E-state index contributed by atoms with van der Waals surface area (Å²) in [6.07, 6.45) is 1.21. The molecule has 0 bridgehead atoms. The number of nitrogens with zero attached hydrogens (tertiary/aromatic N) is 1. The number of alkyl carbamates (subject to hydrolysis) is 1. The quantitative estimate of drug-likeness (QED) is 0.587. The van der Waals surface area contributed by atoms with Crippen LogP contribution < -0.4 is 5.32 Å². The minimum Gasteiger partial charge on any atom is -0.477 e. The van der Waals surface area contributed by atoms with E-state index in [1.54, 1.807) is 0 Å². The van der Waals surface area contributed by atoms with Crippen LogP contribution in [0.25, 0.3) is 11.1 Å². The second-order valence-corrected chi connectivity index (χ2v) is 6.92. The first-order chi connectivity index (χ1) is 14.1. The van der Waals surface area contributed by atoms with E-state index in [9.17, 15) is 9.59 Å². The monoisotopic (exact) mass is 391 g/mol. The second kappa shape index (κ2) is 7.79. The molecule has 3 aromatic rings. The normalized spacial score (nSPS) is 13.4. The number of aromatic amines is 1. The minimum atomic E-state index is -1.10. The third kappa shape index (κ3) is 3.59. The van der Waals surface area contributed by atoms with Crippen LogP contribution in [0.5, 0.6) is 0 Å². The second-order valence-electron chi connectivity index (χ2n) is 6.92. The first-order valence-corrected chi connectivity index (χ1v) is 9.48. The summed E-state index contributed by atoms with van der Waals surface area (Å²) in [5.41, 5.74) is 4.60. The molecule has 7 nitrogen and oxygen atoms in total. The lowest BCUT2D eigenvalue weighted by molar-refractivity contribution is 0.0691. The first kappa shape index (κ1) is 18.7. The van der Waals surface area contributed by atoms with Crippen molar-refractivity contribution < 1.29 is 19.4 Å². The Labute approximate surface area is 167 Å². The molecule has 1 amide bonds. The molecule has 148 valence electrons. The number of nitrogens with one attached hydrogen (secondary N) is 2. The van der Waals surface area contributed by atoms with Crippen LogP contribution in [0, 0.1) is 0 Å². The van der Waals surface area contributed by atoms with Gasteiger partial charge in [-0.05, 0) is 28.7 Å². The Morgan fingerprint density at radius 2 is 1.76 bits per heavy atom. The molecule has 0 spiro atoms. The van der Waals surface area contributed by atoms with E-state index in [0.717, 1.165) is 11.1 Å². The van der Waals surface area contributed by atoms with Gasteiger partial charge in [-0.3, -0.25) is 0 Å². The van der Waals surface area contributed by atoms with Gasteiger partial charge in [0.05, 0.1) is 12.2 Å². The maximum Gasteiger partial charge on any atom is 0.407 e. The standard InChI is InChI=1S/C22H21N3O4/c1-2-18(20-23-11-19(24-20)21(26)27)25-22(28)29-12-17-15-9-5-3-7-13(15)14-8-4-6-10-16(14)17/h3-11,17-18H,2,12H2,1H3,(H,23,24)(H,25,28)(H,26,27). The highest BCUT2D eigenvalue weighted by Gasteiger charge is 2.29. The summed E-state index contributed by atoms with van der Waals surface area (Å²) in [5, 5.41) is 11.8. The molecule has 2 aromatic carbocycles. The molecular formula is C22H21N3O4. The van der Waals surface area contributed by atoms with E-state index in [4.69, 9.17) is 9.84 Å². The van der Waals surface area contributed by atoms with Gasteiger partial charge >= 0.3 is 12.1 Å². The summed E-state index contributed by atoms with van der Waals surface area (Å²) in [6, 6.07) is 15.8. The fourth-order valence-electron chi connectivity index (χ4n) is 3.77. The van der Waals surface area contributed by atoms with E-state index in [-0.39, 0.29) is 18.2 Å². The van der Waals surface area contributed by atoms with Crippen LogP contribution in [0.1, 0.15) is 52.7 Å². The average molecular weight is 391 g/mol. The Hall–Kier alpha value is -3.61. The number of carbonyl (C=O) groups excluding carboxylic acids is 1. The van der Waals surface area contributed by atoms with Gasteiger partial charge < -0.3 is 20.1 Å². The summed E-state index contributed by atoms with van der Waals surface area (Å²) in [6.45, 7) is 2.09. The Balaban J connectivity index is 1.45. The molecule has 3 N–H and O–H groups in total. The highest BCUT2D eigenvalue weighted by molar-refractivity contribution is 5.85. The fourth-order valence-corrected chi connectivity index (χ4v) is 3.77. The SMILES string of the molecule is CCC(NC(=O)OCC1c2ccccc2-c2ccccc21)c1ncc(C(=O)O)[nH]1. The number of hydrogen-bond donors (Lipinski definition) is 3. The number of rotatable bonds is 6. The van der Waals surface area contributed by atoms with Crippen molar-refractivity contribution in [2.24, 2.45) is 0 Å². The zero-order valence-corrected chi connectivity index (χ0v) is 15.9. The van der Waals surface area contributed by atoms with Crippen LogP contribution in [-0.2, 0) is 4.74 Å². The summed E-state index contributed by atoms with van der Waals surface area (Å²) in [4.78, 5) is 30.2. The predicted octanol–water partition coefficient (Wildman–Crippen LogP) is 4.10. The van der Waals surface area contributed by atoms with Crippen molar-refractivity contribution >= 4 is 12.1 Å². The van der Waals surface area contributed by atoms with Gasteiger partial charge in [0.25, 0.3) is 0 Å². The summed E-state index contributed by atoms with van der Waals surface area (Å²) in [7, 11) is 0. The number of carboxylic acids is 1. The van der Waals surface area contributed by atoms with E-state index in [2.05, 4.69) is 39.6 Å². The molecule has 1 atom stereocenters. The maximum atomic E-state index is 12.4. The number of amides is 1. The van der Waals surface area contributed by atoms with Crippen LogP contribution in [0.2, 0.25) is 0 Å². The van der Waals surface area contributed by atoms with E-state index < -0.39 is 18.1 Å². The molecule has 0 radical (unpaired) electrons. The third-order valence-corrected chi connectivity index (χ3v) is 5.20. The van der Waals surface area contributed by atoms with Gasteiger partial charge in [-0.15, -0.1) is 0 Å². The van der Waals surface area contributed by atoms with E-state index in [1.165, 1.54) is 17.3 Å². The van der Waals surface area contributed by atoms with Crippen LogP contribution in [0.4, 0.5) is 4.79 Å². The van der Waals surface area contributed by atoms with Gasteiger partial charge in [0, 0.05) is 5.92 Å². The molecule has 0 aliphatic heterocycles. The molecule has 1 unspecified atom stereocenters. The van der Waals surface area contributed by atoms with Crippen molar-refractivity contribution in [2.75, 3.05) is 6.61 Å². The van der Waals surface area contributed by atoms with E-state index in [0.29, 0.717) is 12.2 Å². The van der Waals surface area contributed by atoms with E-state index in [1.807, 2.05) is 31.2 Å². The van der Waals surface area contributed by atoms with Crippen molar-refractivity contribution in [1.29, 1.82) is 0 Å². The number of fused-ring (bicyclic) bond motifs is 3. The van der Waals surface area contributed by atoms with Crippen LogP contribution in [-0.4, -0.2) is 33.7 Å². The number of carboxylic acid groups (broad SMARTS) is 1. The molecule has 1 aliphatic carbocycles. The molecule has 4 rings (SSSR count). The highest BCUT2D eigenvalue weighted by atomic mass is 16.5. The third-order valence-electron chi connectivity index (χ3n) is 5.20. The van der Waals surface area contributed by atoms with Crippen molar-refractivity contribution in [2.45, 2.75) is 25.3 Å². The van der Waals surface area contributed by atoms with Gasteiger partial charge in [-0.25, -0.2) is 14.6 Å². The molecule has 1 aromatic heterocycles. The Bertz CT molecular complexity index is 1010. The van der Waals surface area contributed by atoms with Crippen LogP contribution in [0.15, 0.2) is 54.7 Å². The van der Waals surface area contributed by atoms with Gasteiger partial charge in [0.15, 0.2) is 0 Å². The highest BCUT2D eigenvalue weighted by Crippen LogP contribution is 2.44. The van der Waals surface area contributed by atoms with Gasteiger partial charge in [0.1, 0.15) is 18.1 Å². The molecule has 1 aliphatic rings. The Kier molecular flexibility index (Phi) is 5.03. The Morgan fingerprint density at radius 3 is 2.31 bits per heavy atom. The van der Waals surface area contributed by atoms with Crippen molar-refractivity contribution in [3.63, 3.8) is 0 Å². The summed E-state index contributed by atoms with van der Waals surface area (Å²) < 4.78 is 5.54. The topological polar surface area (TPSA) is 104 Å². The number of imidazole rings is 1. The number of benzene rings is 2. The minimum absolute atomic E-state index is 0.0181. The molecule has 0 fully saturated rings. The number of aromatic carboxylic acids is 1. The lowest BCUT2D eigenvalue weighted by atomic mass is 9.98. The molecule has 0 saturated heterocycles. The van der Waals surface area contributed by atoms with E-state index >= 15 is 0 Å². The molecular weight excluding hydrogens is 370 g/mol. The average Bonchev–Trinajstić information content (AvgIpc) is 3.34. The lowest BCUT2D eigenvalue weighted by Gasteiger charge is -2.17. The van der Waals surface area contributed by atoms with Crippen molar-refractivity contribution in [1.82, 2.24) is 15.3 Å². The smallest absolute Gasteiger partial charge is 0.407 e. The van der Waals surface area contributed by atoms with Crippen molar-refractivity contribution in [3.05, 3.63) is 77.4 Å². The maximum absolute atomic E-state index is 12.4. The molecule has 0 saturated carbocycles. The molecule has 1 heterocycles. The predicted molar refractivity (Wildman–Crippen MR) is 107 cm³/mol. The number of hydrogen-bond acceptors (Lipinski definition) is 4. The van der Waals surface area contributed by atoms with Gasteiger partial charge in [0.2, 0.25) is 0 Å². The van der Waals surface area contributed by atoms with Gasteiger partial charge in [-0.2, -0.15) is 0 Å². The molecule has 29 heavy (non-hydrogen) atoms. The number of aromatic nitrogens is 2. The fraction of sp³-hybridized carbons (Fsp3) is 0.227. The zero-order valence-electron chi connectivity index (χ0n) is 15.9. The summed E-state index contributed by atoms with van der Waals surface area (Å²) in [5.74, 6) is -0.728. The molecule has 7 heteroatoms. The Morgan fingerprint density at radius 1 is 1.14 bits per heavy atom. The van der Waals surface area contributed by atoms with Gasteiger partial charge in [-0.1, -0.05) is 55.5 Å². The summed E-state index contributed by atoms with van der Waals surface area (Å²) >= 11 is 0. The number of H-pyrrole nitrogens is 1. The number of carbonyl (C=O) groups is 2. The first-order valence-electron chi connectivity index (χ1n) is 9.48. The largest absolute Gasteiger partial charge is 0.477 e. The van der Waals surface area contributed by atoms with Crippen LogP contribution >= 0.6 is 0 Å². The number of ether oxygens (including phenoxy) is 1. The van der Waals surface area contributed by atoms with Crippen LogP contribution in [0.3, 0.4) is 0 Å².